The van der Waals surface area contributed by atoms with Gasteiger partial charge in [0, 0.05) is 12.4 Å². The van der Waals surface area contributed by atoms with Gasteiger partial charge in [0.05, 0.1) is 0 Å². The first-order chi connectivity index (χ1) is 7.25. The number of ether oxygens (including phenoxy) is 3. The van der Waals surface area contributed by atoms with Gasteiger partial charge in [-0.2, -0.15) is 0 Å². The fourth-order valence-electron chi connectivity index (χ4n) is 1.05. The van der Waals surface area contributed by atoms with E-state index in [-0.39, 0.29) is 13.2 Å². The summed E-state index contributed by atoms with van der Waals surface area (Å²) in [7, 11) is 0. The van der Waals surface area contributed by atoms with Crippen LogP contribution >= 0.6 is 0 Å². The van der Waals surface area contributed by atoms with Crippen LogP contribution in [0, 0.1) is 0 Å². The first kappa shape index (κ1) is 9.50. The maximum atomic E-state index is 11.3. The molecule has 0 bridgehead atoms. The lowest BCUT2D eigenvalue weighted by Gasteiger charge is -2.07. The largest absolute Gasteiger partial charge is 0.508 e. The summed E-state index contributed by atoms with van der Waals surface area (Å²) in [6, 6.07) is 0. The molecular weight excluding hydrogens is 204 g/mol. The minimum atomic E-state index is -0.737. The summed E-state index contributed by atoms with van der Waals surface area (Å²) < 4.78 is 15.2. The van der Waals surface area contributed by atoms with Gasteiger partial charge >= 0.3 is 12.2 Å². The number of nitrogens with zero attached hydrogens (tertiary/aromatic N) is 2. The van der Waals surface area contributed by atoms with Crippen molar-refractivity contribution in [2.24, 2.45) is 0 Å². The zero-order valence-corrected chi connectivity index (χ0v) is 7.66. The van der Waals surface area contributed by atoms with E-state index in [0.717, 1.165) is 0 Å². The van der Waals surface area contributed by atoms with E-state index in [0.29, 0.717) is 0 Å². The van der Waals surface area contributed by atoms with Crippen LogP contribution in [0.15, 0.2) is 18.7 Å². The SMILES string of the molecule is O=C1OCC(COC(=O)n2ccnc2)O1. The third kappa shape index (κ3) is 2.25. The average Bonchev–Trinajstić information content (AvgIpc) is 2.84. The topological polar surface area (TPSA) is 79.7 Å². The second-order valence-corrected chi connectivity index (χ2v) is 2.85. The third-order valence-corrected chi connectivity index (χ3v) is 1.76. The maximum Gasteiger partial charge on any atom is 0.508 e. The number of cyclic esters (lactones) is 2. The van der Waals surface area contributed by atoms with E-state index in [1.807, 2.05) is 0 Å². The van der Waals surface area contributed by atoms with Crippen molar-refractivity contribution >= 4 is 12.2 Å². The molecule has 1 aliphatic heterocycles. The molecule has 1 aliphatic rings. The van der Waals surface area contributed by atoms with Gasteiger partial charge in [0.25, 0.3) is 0 Å². The van der Waals surface area contributed by atoms with Crippen molar-refractivity contribution in [1.82, 2.24) is 9.55 Å². The molecule has 2 heterocycles. The van der Waals surface area contributed by atoms with Crippen LogP contribution in [0.5, 0.6) is 0 Å². The number of carbonyl (C=O) groups is 2. The van der Waals surface area contributed by atoms with Crippen LogP contribution in [-0.4, -0.2) is 41.1 Å². The van der Waals surface area contributed by atoms with Gasteiger partial charge in [0.2, 0.25) is 0 Å². The van der Waals surface area contributed by atoms with Crippen LogP contribution < -0.4 is 0 Å². The Labute approximate surface area is 84.6 Å². The van der Waals surface area contributed by atoms with Gasteiger partial charge in [-0.15, -0.1) is 0 Å². The van der Waals surface area contributed by atoms with Crippen LogP contribution in [-0.2, 0) is 14.2 Å². The van der Waals surface area contributed by atoms with Crippen molar-refractivity contribution < 1.29 is 23.8 Å². The Kier molecular flexibility index (Phi) is 2.53. The van der Waals surface area contributed by atoms with Crippen molar-refractivity contribution in [3.8, 4) is 0 Å². The Morgan fingerprint density at radius 1 is 1.73 bits per heavy atom. The van der Waals surface area contributed by atoms with Gasteiger partial charge in [-0.05, 0) is 0 Å². The molecule has 0 aromatic carbocycles. The normalized spacial score (nSPS) is 19.5. The minimum absolute atomic E-state index is 0.0250. The van der Waals surface area contributed by atoms with Crippen molar-refractivity contribution in [1.29, 1.82) is 0 Å². The lowest BCUT2D eigenvalue weighted by molar-refractivity contribution is 0.0733. The van der Waals surface area contributed by atoms with Crippen LogP contribution in [0.25, 0.3) is 0 Å². The monoisotopic (exact) mass is 212 g/mol. The number of carbonyl (C=O) groups excluding carboxylic acids is 2. The Balaban J connectivity index is 1.79. The Bertz CT molecular complexity index is 361. The number of hydrogen-bond acceptors (Lipinski definition) is 6. The van der Waals surface area contributed by atoms with E-state index in [4.69, 9.17) is 4.74 Å². The molecule has 7 nitrogen and oxygen atoms in total. The number of imidazole rings is 1. The molecule has 0 spiro atoms. The molecule has 0 saturated carbocycles. The fraction of sp³-hybridized carbons (Fsp3) is 0.375. The first-order valence-electron chi connectivity index (χ1n) is 4.24. The molecule has 2 rings (SSSR count). The number of aromatic nitrogens is 2. The van der Waals surface area contributed by atoms with Crippen molar-refractivity contribution in [3.05, 3.63) is 18.7 Å². The predicted octanol–water partition coefficient (Wildman–Crippen LogP) is 0.403. The second-order valence-electron chi connectivity index (χ2n) is 2.85. The first-order valence-corrected chi connectivity index (χ1v) is 4.24. The van der Waals surface area contributed by atoms with E-state index in [1.165, 1.54) is 23.3 Å². The number of rotatable bonds is 2. The third-order valence-electron chi connectivity index (χ3n) is 1.76. The summed E-state index contributed by atoms with van der Waals surface area (Å²) in [5.74, 6) is 0. The van der Waals surface area contributed by atoms with Crippen molar-refractivity contribution in [2.75, 3.05) is 13.2 Å². The highest BCUT2D eigenvalue weighted by atomic mass is 16.8. The summed E-state index contributed by atoms with van der Waals surface area (Å²) in [6.07, 6.45) is 2.40. The number of hydrogen-bond donors (Lipinski definition) is 0. The molecule has 1 fully saturated rings. The van der Waals surface area contributed by atoms with E-state index in [2.05, 4.69) is 14.5 Å². The van der Waals surface area contributed by atoms with E-state index in [1.54, 1.807) is 0 Å². The van der Waals surface area contributed by atoms with Gasteiger partial charge in [-0.25, -0.2) is 19.1 Å². The molecule has 15 heavy (non-hydrogen) atoms. The zero-order valence-electron chi connectivity index (χ0n) is 7.66. The molecule has 0 radical (unpaired) electrons. The summed E-state index contributed by atoms with van der Waals surface area (Å²) in [5, 5.41) is 0. The van der Waals surface area contributed by atoms with Crippen molar-refractivity contribution in [3.63, 3.8) is 0 Å². The Morgan fingerprint density at radius 3 is 3.20 bits per heavy atom. The molecule has 1 aromatic heterocycles. The molecule has 0 N–H and O–H groups in total. The lowest BCUT2D eigenvalue weighted by atomic mass is 10.4. The molecule has 1 aromatic rings. The molecule has 0 aliphatic carbocycles. The van der Waals surface area contributed by atoms with E-state index < -0.39 is 18.4 Å². The summed E-state index contributed by atoms with van der Waals surface area (Å²) in [4.78, 5) is 25.5. The van der Waals surface area contributed by atoms with Gasteiger partial charge < -0.3 is 14.2 Å². The summed E-state index contributed by atoms with van der Waals surface area (Å²) >= 11 is 0. The maximum absolute atomic E-state index is 11.3. The van der Waals surface area contributed by atoms with Crippen LogP contribution in [0.4, 0.5) is 9.59 Å². The Morgan fingerprint density at radius 2 is 2.60 bits per heavy atom. The average molecular weight is 212 g/mol. The summed E-state index contributed by atoms with van der Waals surface area (Å²) in [6.45, 7) is 0.0821. The Hall–Kier alpha value is -2.05. The van der Waals surface area contributed by atoms with E-state index >= 15 is 0 Å². The minimum Gasteiger partial charge on any atom is -0.445 e. The molecule has 80 valence electrons. The highest BCUT2D eigenvalue weighted by molar-refractivity contribution is 5.70. The quantitative estimate of drug-likeness (QED) is 0.660. The molecule has 7 heteroatoms. The lowest BCUT2D eigenvalue weighted by Crippen LogP contribution is -2.22. The highest BCUT2D eigenvalue weighted by Crippen LogP contribution is 2.06. The van der Waals surface area contributed by atoms with E-state index in [9.17, 15) is 9.59 Å². The van der Waals surface area contributed by atoms with Crippen molar-refractivity contribution in [2.45, 2.75) is 6.10 Å². The molecule has 0 amide bonds. The molecule has 1 saturated heterocycles. The van der Waals surface area contributed by atoms with Gasteiger partial charge in [-0.3, -0.25) is 0 Å². The predicted molar refractivity (Wildman–Crippen MR) is 45.2 cm³/mol. The molecule has 1 unspecified atom stereocenters. The van der Waals surface area contributed by atoms with Gasteiger partial charge in [0.1, 0.15) is 19.5 Å². The highest BCUT2D eigenvalue weighted by Gasteiger charge is 2.26. The van der Waals surface area contributed by atoms with Crippen LogP contribution in [0.3, 0.4) is 0 Å². The molecule has 1 atom stereocenters. The van der Waals surface area contributed by atoms with Crippen LogP contribution in [0.2, 0.25) is 0 Å². The van der Waals surface area contributed by atoms with Crippen LogP contribution in [0.1, 0.15) is 0 Å². The fourth-order valence-corrected chi connectivity index (χ4v) is 1.05. The molecular formula is C8H8N2O5. The smallest absolute Gasteiger partial charge is 0.445 e. The van der Waals surface area contributed by atoms with Gasteiger partial charge in [-0.1, -0.05) is 0 Å². The summed E-state index contributed by atoms with van der Waals surface area (Å²) in [5.41, 5.74) is 0. The standard InChI is InChI=1S/C8H8N2O5/c11-7(10-2-1-9-5-10)13-3-6-4-14-8(12)15-6/h1-2,5-6H,3-4H2. The van der Waals surface area contributed by atoms with Gasteiger partial charge in [0.15, 0.2) is 6.10 Å². The zero-order chi connectivity index (χ0) is 10.7. The second kappa shape index (κ2) is 3.99.